The molecule has 0 radical (unpaired) electrons. The van der Waals surface area contributed by atoms with Gasteiger partial charge in [-0.15, -0.1) is 5.10 Å². The van der Waals surface area contributed by atoms with Gasteiger partial charge >= 0.3 is 0 Å². The van der Waals surface area contributed by atoms with Crippen LogP contribution in [0.1, 0.15) is 28.8 Å². The number of halogens is 1. The standard InChI is InChI=1S/C25H20ClN3O/c1-15-2-3-18(25(30)28-21-9-10-21)13-23(15)17-6-11-22-19(12-17)14-27-29-24(22)16-4-7-20(26)8-5-16/h2-8,11-14,21H,9-10H2,1H3,(H,28,30). The van der Waals surface area contributed by atoms with E-state index in [4.69, 9.17) is 11.6 Å². The Bertz CT molecular complexity index is 1260. The maximum absolute atomic E-state index is 12.5. The molecule has 0 bridgehead atoms. The number of rotatable bonds is 4. The highest BCUT2D eigenvalue weighted by molar-refractivity contribution is 6.30. The smallest absolute Gasteiger partial charge is 0.251 e. The van der Waals surface area contributed by atoms with Gasteiger partial charge in [-0.3, -0.25) is 4.79 Å². The minimum atomic E-state index is -0.00423. The summed E-state index contributed by atoms with van der Waals surface area (Å²) in [5, 5.41) is 14.3. The van der Waals surface area contributed by atoms with E-state index in [1.807, 2.05) is 42.5 Å². The maximum Gasteiger partial charge on any atom is 0.251 e. The number of benzene rings is 3. The second kappa shape index (κ2) is 7.54. The van der Waals surface area contributed by atoms with E-state index in [0.29, 0.717) is 16.6 Å². The molecule has 1 aromatic heterocycles. The van der Waals surface area contributed by atoms with Crippen molar-refractivity contribution in [2.45, 2.75) is 25.8 Å². The third-order valence-electron chi connectivity index (χ3n) is 5.50. The Morgan fingerprint density at radius 2 is 1.77 bits per heavy atom. The molecule has 5 rings (SSSR count). The van der Waals surface area contributed by atoms with Crippen molar-refractivity contribution in [3.63, 3.8) is 0 Å². The lowest BCUT2D eigenvalue weighted by Crippen LogP contribution is -2.25. The SMILES string of the molecule is Cc1ccc(C(=O)NC2CC2)cc1-c1ccc2c(-c3ccc(Cl)cc3)nncc2c1. The first-order valence-corrected chi connectivity index (χ1v) is 10.4. The number of nitrogens with zero attached hydrogens (tertiary/aromatic N) is 2. The van der Waals surface area contributed by atoms with Crippen molar-refractivity contribution in [1.82, 2.24) is 15.5 Å². The zero-order valence-corrected chi connectivity index (χ0v) is 17.3. The number of amides is 1. The van der Waals surface area contributed by atoms with Gasteiger partial charge < -0.3 is 5.32 Å². The number of aryl methyl sites for hydroxylation is 1. The predicted octanol–water partition coefficient (Wildman–Crippen LogP) is 5.82. The summed E-state index contributed by atoms with van der Waals surface area (Å²) in [6.07, 6.45) is 3.93. The van der Waals surface area contributed by atoms with Gasteiger partial charge in [-0.1, -0.05) is 41.9 Å². The molecule has 0 unspecified atom stereocenters. The van der Waals surface area contributed by atoms with Crippen LogP contribution in [0.4, 0.5) is 0 Å². The second-order valence-electron chi connectivity index (χ2n) is 7.78. The summed E-state index contributed by atoms with van der Waals surface area (Å²) in [4.78, 5) is 12.5. The molecular weight excluding hydrogens is 394 g/mol. The van der Waals surface area contributed by atoms with Crippen molar-refractivity contribution in [1.29, 1.82) is 0 Å². The molecule has 3 aromatic carbocycles. The van der Waals surface area contributed by atoms with Gasteiger partial charge in [0.05, 0.1) is 6.20 Å². The van der Waals surface area contributed by atoms with E-state index in [-0.39, 0.29) is 5.91 Å². The Morgan fingerprint density at radius 3 is 2.53 bits per heavy atom. The Kier molecular flexibility index (Phi) is 4.72. The van der Waals surface area contributed by atoms with Gasteiger partial charge in [0, 0.05) is 33.0 Å². The fourth-order valence-corrected chi connectivity index (χ4v) is 3.77. The largest absolute Gasteiger partial charge is 0.349 e. The molecule has 1 aliphatic carbocycles. The molecule has 4 nitrogen and oxygen atoms in total. The molecule has 30 heavy (non-hydrogen) atoms. The van der Waals surface area contributed by atoms with Crippen LogP contribution in [0.5, 0.6) is 0 Å². The van der Waals surface area contributed by atoms with E-state index in [1.54, 1.807) is 6.20 Å². The van der Waals surface area contributed by atoms with Crippen molar-refractivity contribution in [3.05, 3.63) is 83.0 Å². The molecule has 5 heteroatoms. The van der Waals surface area contributed by atoms with Crippen molar-refractivity contribution in [2.24, 2.45) is 0 Å². The number of aromatic nitrogens is 2. The van der Waals surface area contributed by atoms with Crippen LogP contribution in [-0.2, 0) is 0 Å². The van der Waals surface area contributed by atoms with E-state index in [1.165, 1.54) is 0 Å². The molecule has 4 aromatic rings. The average Bonchev–Trinajstić information content (AvgIpc) is 3.58. The Labute approximate surface area is 179 Å². The van der Waals surface area contributed by atoms with Gasteiger partial charge in [-0.2, -0.15) is 5.10 Å². The van der Waals surface area contributed by atoms with Crippen molar-refractivity contribution in [3.8, 4) is 22.4 Å². The summed E-state index contributed by atoms with van der Waals surface area (Å²) in [7, 11) is 0. The lowest BCUT2D eigenvalue weighted by molar-refractivity contribution is 0.0951. The predicted molar refractivity (Wildman–Crippen MR) is 121 cm³/mol. The molecule has 1 N–H and O–H groups in total. The van der Waals surface area contributed by atoms with Gasteiger partial charge in [0.25, 0.3) is 5.91 Å². The first-order valence-electron chi connectivity index (χ1n) is 10.0. The van der Waals surface area contributed by atoms with Gasteiger partial charge in [-0.25, -0.2) is 0 Å². The van der Waals surface area contributed by atoms with E-state index >= 15 is 0 Å². The topological polar surface area (TPSA) is 54.9 Å². The minimum Gasteiger partial charge on any atom is -0.349 e. The summed E-state index contributed by atoms with van der Waals surface area (Å²) in [6, 6.07) is 20.1. The third-order valence-corrected chi connectivity index (χ3v) is 5.75. The number of nitrogens with one attached hydrogen (secondary N) is 1. The van der Waals surface area contributed by atoms with Crippen LogP contribution in [0, 0.1) is 6.92 Å². The van der Waals surface area contributed by atoms with Gasteiger partial charge in [0.1, 0.15) is 5.69 Å². The first kappa shape index (κ1) is 18.8. The molecule has 1 heterocycles. The Hall–Kier alpha value is -3.24. The highest BCUT2D eigenvalue weighted by Crippen LogP contribution is 2.32. The maximum atomic E-state index is 12.5. The normalized spacial score (nSPS) is 13.4. The number of carbonyl (C=O) groups excluding carboxylic acids is 1. The van der Waals surface area contributed by atoms with Crippen LogP contribution in [0.15, 0.2) is 66.9 Å². The summed E-state index contributed by atoms with van der Waals surface area (Å²) in [6.45, 7) is 2.06. The second-order valence-corrected chi connectivity index (χ2v) is 8.22. The molecular formula is C25H20ClN3O. The van der Waals surface area contributed by atoms with Crippen LogP contribution in [0.25, 0.3) is 33.2 Å². The third kappa shape index (κ3) is 3.66. The lowest BCUT2D eigenvalue weighted by atomic mass is 9.95. The zero-order valence-electron chi connectivity index (χ0n) is 16.5. The van der Waals surface area contributed by atoms with Gasteiger partial charge in [-0.05, 0) is 66.8 Å². The van der Waals surface area contributed by atoms with E-state index < -0.39 is 0 Å². The van der Waals surface area contributed by atoms with Crippen molar-refractivity contribution in [2.75, 3.05) is 0 Å². The van der Waals surface area contributed by atoms with E-state index in [0.717, 1.165) is 51.6 Å². The summed E-state index contributed by atoms with van der Waals surface area (Å²) in [5.41, 5.74) is 5.71. The molecule has 0 atom stereocenters. The van der Waals surface area contributed by atoms with Gasteiger partial charge in [0.2, 0.25) is 0 Å². The van der Waals surface area contributed by atoms with Crippen LogP contribution < -0.4 is 5.32 Å². The first-order chi connectivity index (χ1) is 14.6. The summed E-state index contributed by atoms with van der Waals surface area (Å²) < 4.78 is 0. The van der Waals surface area contributed by atoms with E-state index in [2.05, 4.69) is 40.6 Å². The molecule has 0 saturated heterocycles. The Morgan fingerprint density at radius 1 is 1.00 bits per heavy atom. The Balaban J connectivity index is 1.55. The molecule has 1 aliphatic rings. The monoisotopic (exact) mass is 413 g/mol. The van der Waals surface area contributed by atoms with Crippen LogP contribution >= 0.6 is 11.6 Å². The molecule has 1 fully saturated rings. The fraction of sp³-hybridized carbons (Fsp3) is 0.160. The van der Waals surface area contributed by atoms with Crippen LogP contribution in [-0.4, -0.2) is 22.1 Å². The summed E-state index contributed by atoms with van der Waals surface area (Å²) >= 11 is 6.02. The quantitative estimate of drug-likeness (QED) is 0.458. The van der Waals surface area contributed by atoms with Gasteiger partial charge in [0.15, 0.2) is 0 Å². The summed E-state index contributed by atoms with van der Waals surface area (Å²) in [5.74, 6) is -0.00423. The van der Waals surface area contributed by atoms with E-state index in [9.17, 15) is 4.79 Å². The fourth-order valence-electron chi connectivity index (χ4n) is 3.65. The molecule has 0 aliphatic heterocycles. The minimum absolute atomic E-state index is 0.00423. The molecule has 148 valence electrons. The number of carbonyl (C=O) groups is 1. The zero-order chi connectivity index (χ0) is 20.7. The highest BCUT2D eigenvalue weighted by Gasteiger charge is 2.24. The van der Waals surface area contributed by atoms with Crippen molar-refractivity contribution >= 4 is 28.3 Å². The van der Waals surface area contributed by atoms with Crippen LogP contribution in [0.3, 0.4) is 0 Å². The number of fused-ring (bicyclic) bond motifs is 1. The van der Waals surface area contributed by atoms with Crippen molar-refractivity contribution < 1.29 is 4.79 Å². The lowest BCUT2D eigenvalue weighted by Gasteiger charge is -2.11. The molecule has 1 saturated carbocycles. The molecule has 0 spiro atoms. The number of hydrogen-bond donors (Lipinski definition) is 1. The van der Waals surface area contributed by atoms with Crippen LogP contribution in [0.2, 0.25) is 5.02 Å². The molecule has 1 amide bonds. The average molecular weight is 414 g/mol. The highest BCUT2D eigenvalue weighted by atomic mass is 35.5. The number of hydrogen-bond acceptors (Lipinski definition) is 3.